The summed E-state index contributed by atoms with van der Waals surface area (Å²) in [7, 11) is 0. The predicted octanol–water partition coefficient (Wildman–Crippen LogP) is 2.09. The fourth-order valence-corrected chi connectivity index (χ4v) is 2.47. The molecule has 0 radical (unpaired) electrons. The first-order valence-electron chi connectivity index (χ1n) is 6.62. The van der Waals surface area contributed by atoms with E-state index in [4.69, 9.17) is 16.3 Å². The number of amides is 1. The molecular formula is C13H20ClN3O2. The lowest BCUT2D eigenvalue weighted by Crippen LogP contribution is -2.43. The van der Waals surface area contributed by atoms with E-state index >= 15 is 0 Å². The van der Waals surface area contributed by atoms with Crippen LogP contribution in [0.25, 0.3) is 0 Å². The van der Waals surface area contributed by atoms with Crippen LogP contribution < -0.4 is 5.32 Å². The third kappa shape index (κ3) is 3.09. The summed E-state index contributed by atoms with van der Waals surface area (Å²) in [6.07, 6.45) is 3.75. The van der Waals surface area contributed by atoms with Crippen molar-refractivity contribution in [1.29, 1.82) is 0 Å². The molecule has 1 saturated heterocycles. The van der Waals surface area contributed by atoms with Gasteiger partial charge < -0.3 is 10.1 Å². The van der Waals surface area contributed by atoms with E-state index in [1.54, 1.807) is 10.9 Å². The van der Waals surface area contributed by atoms with Crippen LogP contribution in [0.2, 0.25) is 5.02 Å². The standard InChI is InChI=1S/C13H20ClN3O2/c1-8(12-5-4-6-19-12)16-13(18)10(3)17-9(2)11(14)7-15-17/h7-8,10,12H,4-6H2,1-3H3,(H,16,18)/t8-,10+,12-/m0/s1. The summed E-state index contributed by atoms with van der Waals surface area (Å²) >= 11 is 5.95. The Morgan fingerprint density at radius 1 is 1.63 bits per heavy atom. The molecule has 6 heteroatoms. The van der Waals surface area contributed by atoms with Crippen molar-refractivity contribution < 1.29 is 9.53 Å². The van der Waals surface area contributed by atoms with E-state index in [-0.39, 0.29) is 24.1 Å². The summed E-state index contributed by atoms with van der Waals surface area (Å²) in [6, 6.07) is -0.361. The van der Waals surface area contributed by atoms with Crippen molar-refractivity contribution in [3.63, 3.8) is 0 Å². The molecule has 1 fully saturated rings. The average Bonchev–Trinajstić information content (AvgIpc) is 3.00. The first-order valence-corrected chi connectivity index (χ1v) is 7.00. The molecule has 0 spiro atoms. The van der Waals surface area contributed by atoms with Crippen LogP contribution in [0, 0.1) is 6.92 Å². The van der Waals surface area contributed by atoms with Gasteiger partial charge in [0.15, 0.2) is 0 Å². The van der Waals surface area contributed by atoms with Gasteiger partial charge in [-0.15, -0.1) is 0 Å². The lowest BCUT2D eigenvalue weighted by Gasteiger charge is -2.22. The second-order valence-electron chi connectivity index (χ2n) is 5.05. The Labute approximate surface area is 118 Å². The molecule has 0 aliphatic carbocycles. The summed E-state index contributed by atoms with van der Waals surface area (Å²) in [6.45, 7) is 6.42. The maximum absolute atomic E-state index is 12.2. The Morgan fingerprint density at radius 3 is 2.89 bits per heavy atom. The van der Waals surface area contributed by atoms with Gasteiger partial charge in [0.1, 0.15) is 6.04 Å². The number of nitrogens with zero attached hydrogens (tertiary/aromatic N) is 2. The number of carbonyl (C=O) groups is 1. The number of hydrogen-bond acceptors (Lipinski definition) is 3. The lowest BCUT2D eigenvalue weighted by atomic mass is 10.1. The van der Waals surface area contributed by atoms with Gasteiger partial charge in [-0.3, -0.25) is 9.48 Å². The molecular weight excluding hydrogens is 266 g/mol. The molecule has 1 aliphatic heterocycles. The molecule has 106 valence electrons. The van der Waals surface area contributed by atoms with Gasteiger partial charge in [-0.25, -0.2) is 0 Å². The first-order chi connectivity index (χ1) is 9.00. The van der Waals surface area contributed by atoms with E-state index < -0.39 is 0 Å². The summed E-state index contributed by atoms with van der Waals surface area (Å²) in [5, 5.41) is 7.70. The molecule has 0 aromatic carbocycles. The van der Waals surface area contributed by atoms with E-state index in [1.165, 1.54) is 0 Å². The zero-order chi connectivity index (χ0) is 14.0. The fourth-order valence-electron chi connectivity index (χ4n) is 2.34. The van der Waals surface area contributed by atoms with Crippen LogP contribution in [-0.4, -0.2) is 34.4 Å². The zero-order valence-corrected chi connectivity index (χ0v) is 12.3. The molecule has 0 saturated carbocycles. The van der Waals surface area contributed by atoms with Crippen molar-refractivity contribution >= 4 is 17.5 Å². The number of halogens is 1. The number of nitrogens with one attached hydrogen (secondary N) is 1. The summed E-state index contributed by atoms with van der Waals surface area (Å²) < 4.78 is 7.21. The SMILES string of the molecule is Cc1c(Cl)cnn1[C@H](C)C(=O)N[C@@H](C)[C@@H]1CCCO1. The van der Waals surface area contributed by atoms with Gasteiger partial charge in [0.25, 0.3) is 0 Å². The predicted molar refractivity (Wildman–Crippen MR) is 73.3 cm³/mol. The van der Waals surface area contributed by atoms with Crippen molar-refractivity contribution in [2.75, 3.05) is 6.61 Å². The highest BCUT2D eigenvalue weighted by Crippen LogP contribution is 2.19. The quantitative estimate of drug-likeness (QED) is 0.922. The number of rotatable bonds is 4. The molecule has 2 rings (SSSR count). The van der Waals surface area contributed by atoms with Crippen molar-refractivity contribution in [2.45, 2.75) is 51.8 Å². The summed E-state index contributed by atoms with van der Waals surface area (Å²) in [5.74, 6) is -0.0640. The van der Waals surface area contributed by atoms with E-state index in [9.17, 15) is 4.79 Å². The molecule has 0 unspecified atom stereocenters. The Balaban J connectivity index is 1.97. The Hall–Kier alpha value is -1.07. The minimum Gasteiger partial charge on any atom is -0.376 e. The van der Waals surface area contributed by atoms with Crippen molar-refractivity contribution in [3.05, 3.63) is 16.9 Å². The van der Waals surface area contributed by atoms with E-state index in [1.807, 2.05) is 20.8 Å². The van der Waals surface area contributed by atoms with Crippen LogP contribution >= 0.6 is 11.6 Å². The molecule has 1 N–H and O–H groups in total. The van der Waals surface area contributed by atoms with Crippen molar-refractivity contribution in [2.24, 2.45) is 0 Å². The first kappa shape index (κ1) is 14.3. The number of ether oxygens (including phenoxy) is 1. The molecule has 1 aromatic heterocycles. The van der Waals surface area contributed by atoms with Gasteiger partial charge in [0, 0.05) is 6.61 Å². The Morgan fingerprint density at radius 2 is 2.37 bits per heavy atom. The highest BCUT2D eigenvalue weighted by atomic mass is 35.5. The van der Waals surface area contributed by atoms with Gasteiger partial charge in [-0.05, 0) is 33.6 Å². The number of aromatic nitrogens is 2. The second kappa shape index (κ2) is 5.92. The normalized spacial score (nSPS) is 22.2. The Bertz CT molecular complexity index is 455. The molecule has 5 nitrogen and oxygen atoms in total. The van der Waals surface area contributed by atoms with Crippen LogP contribution in [0.5, 0.6) is 0 Å². The maximum Gasteiger partial charge on any atom is 0.244 e. The summed E-state index contributed by atoms with van der Waals surface area (Å²) in [4.78, 5) is 12.2. The Kier molecular flexibility index (Phi) is 4.47. The minimum atomic E-state index is -0.378. The average molecular weight is 286 g/mol. The van der Waals surface area contributed by atoms with Gasteiger partial charge in [0.05, 0.1) is 29.1 Å². The zero-order valence-electron chi connectivity index (χ0n) is 11.5. The van der Waals surface area contributed by atoms with Crippen molar-refractivity contribution in [1.82, 2.24) is 15.1 Å². The topological polar surface area (TPSA) is 56.2 Å². The molecule has 0 bridgehead atoms. The fraction of sp³-hybridized carbons (Fsp3) is 0.692. The molecule has 1 aromatic rings. The lowest BCUT2D eigenvalue weighted by molar-refractivity contribution is -0.125. The third-order valence-corrected chi connectivity index (χ3v) is 3.99. The van der Waals surface area contributed by atoms with Gasteiger partial charge in [-0.1, -0.05) is 11.6 Å². The third-order valence-electron chi connectivity index (χ3n) is 3.62. The second-order valence-corrected chi connectivity index (χ2v) is 5.45. The van der Waals surface area contributed by atoms with E-state index in [0.717, 1.165) is 25.1 Å². The molecule has 19 heavy (non-hydrogen) atoms. The van der Waals surface area contributed by atoms with Crippen LogP contribution in [0.15, 0.2) is 6.20 Å². The van der Waals surface area contributed by atoms with Crippen LogP contribution in [0.3, 0.4) is 0 Å². The number of carbonyl (C=O) groups excluding carboxylic acids is 1. The number of hydrogen-bond donors (Lipinski definition) is 1. The monoisotopic (exact) mass is 285 g/mol. The van der Waals surface area contributed by atoms with E-state index in [0.29, 0.717) is 5.02 Å². The maximum atomic E-state index is 12.2. The van der Waals surface area contributed by atoms with Crippen LogP contribution in [-0.2, 0) is 9.53 Å². The smallest absolute Gasteiger partial charge is 0.244 e. The van der Waals surface area contributed by atoms with Crippen LogP contribution in [0.4, 0.5) is 0 Å². The van der Waals surface area contributed by atoms with Crippen molar-refractivity contribution in [3.8, 4) is 0 Å². The minimum absolute atomic E-state index is 0.0174. The van der Waals surface area contributed by atoms with Gasteiger partial charge in [0.2, 0.25) is 5.91 Å². The summed E-state index contributed by atoms with van der Waals surface area (Å²) in [5.41, 5.74) is 0.800. The van der Waals surface area contributed by atoms with Gasteiger partial charge in [-0.2, -0.15) is 5.10 Å². The molecule has 2 heterocycles. The molecule has 3 atom stereocenters. The molecule has 1 amide bonds. The van der Waals surface area contributed by atoms with Crippen LogP contribution in [0.1, 0.15) is 38.4 Å². The van der Waals surface area contributed by atoms with Gasteiger partial charge >= 0.3 is 0 Å². The molecule has 1 aliphatic rings. The largest absolute Gasteiger partial charge is 0.376 e. The highest BCUT2D eigenvalue weighted by Gasteiger charge is 2.26. The van der Waals surface area contributed by atoms with E-state index in [2.05, 4.69) is 10.4 Å². The highest BCUT2D eigenvalue weighted by molar-refractivity contribution is 6.31.